The number of aromatic carboxylic acids is 1. The zero-order valence-electron chi connectivity index (χ0n) is 9.38. The molecule has 0 amide bonds. The van der Waals surface area contributed by atoms with E-state index in [1.54, 1.807) is 6.92 Å². The van der Waals surface area contributed by atoms with Crippen molar-refractivity contribution < 1.29 is 14.3 Å². The van der Waals surface area contributed by atoms with Crippen molar-refractivity contribution in [3.05, 3.63) is 50.5 Å². The lowest BCUT2D eigenvalue weighted by molar-refractivity contribution is 0.0694. The summed E-state index contributed by atoms with van der Waals surface area (Å²) in [5.74, 6) is -0.881. The molecule has 6 nitrogen and oxygen atoms in total. The predicted octanol–water partition coefficient (Wildman–Crippen LogP) is 1.65. The van der Waals surface area contributed by atoms with E-state index in [2.05, 4.69) is 20.9 Å². The van der Waals surface area contributed by atoms with Gasteiger partial charge < -0.3 is 9.52 Å². The fourth-order valence-electron chi connectivity index (χ4n) is 1.47. The molecule has 0 radical (unpaired) electrons. The second kappa shape index (κ2) is 4.77. The molecule has 0 saturated heterocycles. The second-order valence-corrected chi connectivity index (χ2v) is 4.43. The normalized spacial score (nSPS) is 10.6. The van der Waals surface area contributed by atoms with E-state index in [-0.39, 0.29) is 23.4 Å². The molecule has 0 saturated carbocycles. The summed E-state index contributed by atoms with van der Waals surface area (Å²) in [6, 6.07) is 1.35. The van der Waals surface area contributed by atoms with Crippen LogP contribution in [0.5, 0.6) is 0 Å². The molecule has 0 fully saturated rings. The lowest BCUT2D eigenvalue weighted by atomic mass is 10.2. The zero-order chi connectivity index (χ0) is 13.3. The van der Waals surface area contributed by atoms with Crippen molar-refractivity contribution in [3.63, 3.8) is 0 Å². The number of aryl methyl sites for hydroxylation is 1. The highest BCUT2D eigenvalue weighted by molar-refractivity contribution is 9.10. The molecule has 0 aliphatic heterocycles. The Morgan fingerprint density at radius 1 is 1.61 bits per heavy atom. The van der Waals surface area contributed by atoms with Crippen molar-refractivity contribution in [1.82, 2.24) is 9.55 Å². The molecule has 0 aliphatic rings. The fourth-order valence-corrected chi connectivity index (χ4v) is 1.80. The monoisotopic (exact) mass is 312 g/mol. The van der Waals surface area contributed by atoms with Crippen molar-refractivity contribution in [2.24, 2.45) is 0 Å². The Hall–Kier alpha value is -1.89. The average molecular weight is 313 g/mol. The number of carboxylic acid groups (broad SMARTS) is 1. The highest BCUT2D eigenvalue weighted by Crippen LogP contribution is 2.12. The average Bonchev–Trinajstić information content (AvgIpc) is 2.78. The van der Waals surface area contributed by atoms with E-state index in [4.69, 9.17) is 9.52 Å². The Morgan fingerprint density at radius 3 is 3.00 bits per heavy atom. The summed E-state index contributed by atoms with van der Waals surface area (Å²) in [7, 11) is 0. The summed E-state index contributed by atoms with van der Waals surface area (Å²) in [5, 5.41) is 8.93. The van der Waals surface area contributed by atoms with Gasteiger partial charge in [0.25, 0.3) is 5.56 Å². The number of furan rings is 1. The van der Waals surface area contributed by atoms with Crippen molar-refractivity contribution in [1.29, 1.82) is 0 Å². The molecule has 0 aliphatic carbocycles. The quantitative estimate of drug-likeness (QED) is 0.931. The van der Waals surface area contributed by atoms with E-state index in [0.29, 0.717) is 10.2 Å². The Morgan fingerprint density at radius 2 is 2.33 bits per heavy atom. The molecule has 7 heteroatoms. The number of nitrogens with zero attached hydrogens (tertiary/aromatic N) is 2. The molecule has 2 rings (SSSR count). The van der Waals surface area contributed by atoms with Gasteiger partial charge in [0.2, 0.25) is 0 Å². The summed E-state index contributed by atoms with van der Waals surface area (Å²) < 4.78 is 6.71. The number of carbonyl (C=O) groups is 1. The minimum absolute atomic E-state index is 0.0271. The van der Waals surface area contributed by atoms with Gasteiger partial charge in [0.1, 0.15) is 15.8 Å². The van der Waals surface area contributed by atoms with Crippen LogP contribution in [0.2, 0.25) is 0 Å². The SMILES string of the molecule is Cc1ncn(Cc2occc2C(=O)O)c(=O)c1Br. The molecule has 2 aromatic rings. The van der Waals surface area contributed by atoms with Crippen molar-refractivity contribution in [2.45, 2.75) is 13.5 Å². The minimum atomic E-state index is -1.09. The summed E-state index contributed by atoms with van der Waals surface area (Å²) >= 11 is 3.14. The molecule has 0 spiro atoms. The standard InChI is InChI=1S/C11H9BrN2O4/c1-6-9(12)10(15)14(5-13-6)4-8-7(11(16)17)2-3-18-8/h2-3,5H,4H2,1H3,(H,16,17). The van der Waals surface area contributed by atoms with Crippen LogP contribution in [0.3, 0.4) is 0 Å². The van der Waals surface area contributed by atoms with E-state index in [9.17, 15) is 9.59 Å². The minimum Gasteiger partial charge on any atom is -0.478 e. The molecule has 1 N–H and O–H groups in total. The van der Waals surface area contributed by atoms with Gasteiger partial charge in [0.15, 0.2) is 0 Å². The van der Waals surface area contributed by atoms with Crippen LogP contribution in [0, 0.1) is 6.92 Å². The molecule has 0 bridgehead atoms. The third-order valence-electron chi connectivity index (χ3n) is 2.45. The Labute approximate surface area is 110 Å². The van der Waals surface area contributed by atoms with Gasteiger partial charge in [-0.15, -0.1) is 0 Å². The van der Waals surface area contributed by atoms with Gasteiger partial charge in [-0.25, -0.2) is 9.78 Å². The smallest absolute Gasteiger partial charge is 0.339 e. The lowest BCUT2D eigenvalue weighted by Crippen LogP contribution is -2.23. The van der Waals surface area contributed by atoms with Gasteiger partial charge in [-0.1, -0.05) is 0 Å². The number of halogens is 1. The topological polar surface area (TPSA) is 85.3 Å². The van der Waals surface area contributed by atoms with Crippen LogP contribution < -0.4 is 5.56 Å². The number of hydrogen-bond donors (Lipinski definition) is 1. The first kappa shape index (κ1) is 12.6. The molecule has 0 unspecified atom stereocenters. The first-order valence-electron chi connectivity index (χ1n) is 5.02. The lowest BCUT2D eigenvalue weighted by Gasteiger charge is -2.05. The summed E-state index contributed by atoms with van der Waals surface area (Å²) in [6.45, 7) is 1.73. The van der Waals surface area contributed by atoms with Crippen LogP contribution in [0.15, 0.2) is 32.3 Å². The highest BCUT2D eigenvalue weighted by Gasteiger charge is 2.15. The molecular weight excluding hydrogens is 304 g/mol. The van der Waals surface area contributed by atoms with Crippen LogP contribution in [0.4, 0.5) is 0 Å². The maximum absolute atomic E-state index is 11.9. The van der Waals surface area contributed by atoms with E-state index in [1.807, 2.05) is 0 Å². The van der Waals surface area contributed by atoms with Gasteiger partial charge in [0, 0.05) is 0 Å². The Balaban J connectivity index is 2.41. The van der Waals surface area contributed by atoms with Crippen LogP contribution >= 0.6 is 15.9 Å². The van der Waals surface area contributed by atoms with Crippen molar-refractivity contribution >= 4 is 21.9 Å². The second-order valence-electron chi connectivity index (χ2n) is 3.64. The summed E-state index contributed by atoms with van der Waals surface area (Å²) in [5.41, 5.74) is 0.336. The van der Waals surface area contributed by atoms with Gasteiger partial charge >= 0.3 is 5.97 Å². The fraction of sp³-hybridized carbons (Fsp3) is 0.182. The number of carboxylic acids is 1. The van der Waals surface area contributed by atoms with E-state index in [0.717, 1.165) is 0 Å². The maximum atomic E-state index is 11.9. The van der Waals surface area contributed by atoms with Gasteiger partial charge in [0.05, 0.1) is 24.8 Å². The molecule has 0 atom stereocenters. The van der Waals surface area contributed by atoms with Gasteiger partial charge in [-0.2, -0.15) is 0 Å². The predicted molar refractivity (Wildman–Crippen MR) is 65.7 cm³/mol. The Kier molecular flexibility index (Phi) is 3.33. The van der Waals surface area contributed by atoms with Crippen LogP contribution in [0.1, 0.15) is 21.8 Å². The molecule has 94 valence electrons. The third-order valence-corrected chi connectivity index (χ3v) is 3.36. The number of aromatic nitrogens is 2. The largest absolute Gasteiger partial charge is 0.478 e. The maximum Gasteiger partial charge on any atom is 0.339 e. The molecule has 2 heterocycles. The molecular formula is C11H9BrN2O4. The third kappa shape index (κ3) is 2.21. The van der Waals surface area contributed by atoms with Crippen LogP contribution in [-0.4, -0.2) is 20.6 Å². The van der Waals surface area contributed by atoms with E-state index < -0.39 is 5.97 Å². The first-order valence-corrected chi connectivity index (χ1v) is 5.81. The molecule has 18 heavy (non-hydrogen) atoms. The van der Waals surface area contributed by atoms with Gasteiger partial charge in [-0.3, -0.25) is 9.36 Å². The van der Waals surface area contributed by atoms with E-state index in [1.165, 1.54) is 23.2 Å². The number of rotatable bonds is 3. The van der Waals surface area contributed by atoms with Crippen LogP contribution in [0.25, 0.3) is 0 Å². The van der Waals surface area contributed by atoms with Gasteiger partial charge in [-0.05, 0) is 28.9 Å². The zero-order valence-corrected chi connectivity index (χ0v) is 11.0. The Bertz CT molecular complexity index is 659. The summed E-state index contributed by atoms with van der Waals surface area (Å²) in [6.07, 6.45) is 2.64. The first-order chi connectivity index (χ1) is 8.50. The van der Waals surface area contributed by atoms with Crippen LogP contribution in [-0.2, 0) is 6.54 Å². The summed E-state index contributed by atoms with van der Waals surface area (Å²) in [4.78, 5) is 26.8. The van der Waals surface area contributed by atoms with Crippen molar-refractivity contribution in [3.8, 4) is 0 Å². The highest BCUT2D eigenvalue weighted by atomic mass is 79.9. The van der Waals surface area contributed by atoms with E-state index >= 15 is 0 Å². The number of hydrogen-bond acceptors (Lipinski definition) is 4. The van der Waals surface area contributed by atoms with Crippen molar-refractivity contribution in [2.75, 3.05) is 0 Å². The molecule has 0 aromatic carbocycles. The molecule has 2 aromatic heterocycles.